The summed E-state index contributed by atoms with van der Waals surface area (Å²) < 4.78 is 27.6. The van der Waals surface area contributed by atoms with E-state index in [9.17, 15) is 19.0 Å². The fourth-order valence-electron chi connectivity index (χ4n) is 2.64. The van der Waals surface area contributed by atoms with Gasteiger partial charge in [0.25, 0.3) is 0 Å². The Balaban J connectivity index is 2.39. The molecule has 1 aliphatic rings. The van der Waals surface area contributed by atoms with Gasteiger partial charge in [0, 0.05) is 0 Å². The maximum atomic E-state index is 13.9. The van der Waals surface area contributed by atoms with E-state index < -0.39 is 28.9 Å². The van der Waals surface area contributed by atoms with Gasteiger partial charge in [-0.15, -0.1) is 0 Å². The van der Waals surface area contributed by atoms with E-state index in [0.29, 0.717) is 12.8 Å². The van der Waals surface area contributed by atoms with Crippen molar-refractivity contribution in [3.8, 4) is 0 Å². The average molecular weight is 256 g/mol. The molecule has 1 atom stereocenters. The number of benzene rings is 1. The van der Waals surface area contributed by atoms with Gasteiger partial charge in [-0.1, -0.05) is 25.3 Å². The molecule has 0 amide bonds. The average Bonchev–Trinajstić information content (AvgIpc) is 2.35. The Morgan fingerprint density at radius 1 is 1.17 bits per heavy atom. The van der Waals surface area contributed by atoms with E-state index in [0.717, 1.165) is 25.3 Å². The van der Waals surface area contributed by atoms with Crippen molar-refractivity contribution < 1.29 is 19.0 Å². The van der Waals surface area contributed by atoms with Gasteiger partial charge in [0.05, 0.1) is 11.2 Å². The molecule has 2 N–H and O–H groups in total. The molecule has 18 heavy (non-hydrogen) atoms. The molecule has 0 aliphatic heterocycles. The number of halogens is 2. The zero-order valence-corrected chi connectivity index (χ0v) is 10.4. The van der Waals surface area contributed by atoms with Crippen LogP contribution in [0, 0.1) is 18.6 Å². The van der Waals surface area contributed by atoms with Crippen LogP contribution in [0.15, 0.2) is 12.1 Å². The van der Waals surface area contributed by atoms with Crippen LogP contribution in [0.2, 0.25) is 0 Å². The normalized spacial score (nSPS) is 20.7. The molecule has 1 fully saturated rings. The van der Waals surface area contributed by atoms with Crippen molar-refractivity contribution in [3.63, 3.8) is 0 Å². The lowest BCUT2D eigenvalue weighted by Gasteiger charge is -2.36. The maximum Gasteiger partial charge on any atom is 0.134 e. The highest BCUT2D eigenvalue weighted by atomic mass is 19.1. The summed E-state index contributed by atoms with van der Waals surface area (Å²) in [5.41, 5.74) is -1.54. The second-order valence-corrected chi connectivity index (χ2v) is 5.16. The number of hydrogen-bond acceptors (Lipinski definition) is 2. The van der Waals surface area contributed by atoms with Gasteiger partial charge in [-0.25, -0.2) is 8.78 Å². The highest BCUT2D eigenvalue weighted by molar-refractivity contribution is 5.30. The Morgan fingerprint density at radius 2 is 1.78 bits per heavy atom. The van der Waals surface area contributed by atoms with Gasteiger partial charge < -0.3 is 10.2 Å². The molecule has 4 heteroatoms. The van der Waals surface area contributed by atoms with E-state index in [1.54, 1.807) is 0 Å². The molecule has 1 aliphatic carbocycles. The van der Waals surface area contributed by atoms with Crippen LogP contribution in [-0.4, -0.2) is 15.8 Å². The van der Waals surface area contributed by atoms with Gasteiger partial charge >= 0.3 is 0 Å². The second-order valence-electron chi connectivity index (χ2n) is 5.16. The quantitative estimate of drug-likeness (QED) is 0.854. The van der Waals surface area contributed by atoms with Crippen LogP contribution in [0.3, 0.4) is 0 Å². The van der Waals surface area contributed by atoms with Crippen molar-refractivity contribution >= 4 is 0 Å². The predicted molar refractivity (Wildman–Crippen MR) is 64.1 cm³/mol. The van der Waals surface area contributed by atoms with E-state index in [1.165, 1.54) is 13.0 Å². The summed E-state index contributed by atoms with van der Waals surface area (Å²) in [5.74, 6) is -1.56. The third-order valence-electron chi connectivity index (χ3n) is 3.82. The molecule has 1 unspecified atom stereocenters. The standard InChI is InChI=1S/C14H18F2O2/c1-9-5-6-10(15)11(12(9)16)13(17)14(18)7-3-2-4-8-14/h5-6,13,17-18H,2-4,7-8H2,1H3. The fraction of sp³-hybridized carbons (Fsp3) is 0.571. The first-order valence-electron chi connectivity index (χ1n) is 6.30. The second kappa shape index (κ2) is 4.94. The van der Waals surface area contributed by atoms with Crippen molar-refractivity contribution in [2.75, 3.05) is 0 Å². The Kier molecular flexibility index (Phi) is 3.69. The van der Waals surface area contributed by atoms with Crippen LogP contribution in [0.1, 0.15) is 49.3 Å². The van der Waals surface area contributed by atoms with E-state index in [4.69, 9.17) is 0 Å². The van der Waals surface area contributed by atoms with Gasteiger partial charge in [0.1, 0.15) is 17.7 Å². The van der Waals surface area contributed by atoms with Gasteiger partial charge in [0.2, 0.25) is 0 Å². The topological polar surface area (TPSA) is 40.5 Å². The molecule has 2 nitrogen and oxygen atoms in total. The minimum atomic E-state index is -1.50. The van der Waals surface area contributed by atoms with Crippen LogP contribution in [0.5, 0.6) is 0 Å². The van der Waals surface area contributed by atoms with Crippen molar-refractivity contribution in [1.82, 2.24) is 0 Å². The molecule has 1 saturated carbocycles. The summed E-state index contributed by atoms with van der Waals surface area (Å²) in [6, 6.07) is 2.45. The first-order valence-corrected chi connectivity index (χ1v) is 6.30. The summed E-state index contributed by atoms with van der Waals surface area (Å²) in [5, 5.41) is 20.5. The van der Waals surface area contributed by atoms with E-state index in [2.05, 4.69) is 0 Å². The third kappa shape index (κ3) is 2.27. The highest BCUT2D eigenvalue weighted by Crippen LogP contribution is 2.40. The molecular weight excluding hydrogens is 238 g/mol. The molecule has 0 heterocycles. The lowest BCUT2D eigenvalue weighted by Crippen LogP contribution is -2.39. The minimum absolute atomic E-state index is 0.268. The largest absolute Gasteiger partial charge is 0.387 e. The van der Waals surface area contributed by atoms with Gasteiger partial charge in [-0.2, -0.15) is 0 Å². The van der Waals surface area contributed by atoms with Crippen LogP contribution < -0.4 is 0 Å². The maximum absolute atomic E-state index is 13.9. The molecule has 0 spiro atoms. The van der Waals surface area contributed by atoms with Crippen molar-refractivity contribution in [2.24, 2.45) is 0 Å². The Bertz CT molecular complexity index is 440. The predicted octanol–water partition coefficient (Wildman–Crippen LogP) is 3.00. The first-order chi connectivity index (χ1) is 8.46. The van der Waals surface area contributed by atoms with E-state index in [-0.39, 0.29) is 5.56 Å². The molecule has 2 rings (SSSR count). The van der Waals surface area contributed by atoms with Crippen molar-refractivity contribution in [1.29, 1.82) is 0 Å². The number of aliphatic hydroxyl groups is 2. The molecule has 100 valence electrons. The summed E-state index contributed by atoms with van der Waals surface area (Å²) in [6.07, 6.45) is 1.76. The minimum Gasteiger partial charge on any atom is -0.387 e. The molecule has 1 aromatic carbocycles. The monoisotopic (exact) mass is 256 g/mol. The van der Waals surface area contributed by atoms with Crippen LogP contribution in [0.4, 0.5) is 8.78 Å². The van der Waals surface area contributed by atoms with Crippen LogP contribution >= 0.6 is 0 Å². The Morgan fingerprint density at radius 3 is 2.39 bits per heavy atom. The number of hydrogen-bond donors (Lipinski definition) is 2. The molecule has 0 bridgehead atoms. The Hall–Kier alpha value is -1.00. The van der Waals surface area contributed by atoms with Crippen molar-refractivity contribution in [2.45, 2.75) is 50.7 Å². The Labute approximate surface area is 105 Å². The van der Waals surface area contributed by atoms with Gasteiger partial charge in [0.15, 0.2) is 0 Å². The number of aryl methyl sites for hydroxylation is 1. The summed E-state index contributed by atoms with van der Waals surface area (Å²) in [7, 11) is 0. The molecule has 0 aromatic heterocycles. The zero-order valence-electron chi connectivity index (χ0n) is 10.4. The van der Waals surface area contributed by atoms with Gasteiger partial charge in [-0.3, -0.25) is 0 Å². The summed E-state index contributed by atoms with van der Waals surface area (Å²) >= 11 is 0. The zero-order chi connectivity index (χ0) is 13.3. The third-order valence-corrected chi connectivity index (χ3v) is 3.82. The number of aliphatic hydroxyl groups excluding tert-OH is 1. The summed E-state index contributed by atoms with van der Waals surface area (Å²) in [4.78, 5) is 0. The smallest absolute Gasteiger partial charge is 0.134 e. The highest BCUT2D eigenvalue weighted by Gasteiger charge is 2.40. The lowest BCUT2D eigenvalue weighted by molar-refractivity contribution is -0.102. The fourth-order valence-corrected chi connectivity index (χ4v) is 2.64. The SMILES string of the molecule is Cc1ccc(F)c(C(O)C2(O)CCCCC2)c1F. The molecular formula is C14H18F2O2. The molecule has 0 saturated heterocycles. The van der Waals surface area contributed by atoms with E-state index in [1.807, 2.05) is 0 Å². The number of rotatable bonds is 2. The van der Waals surface area contributed by atoms with Crippen LogP contribution in [-0.2, 0) is 0 Å². The lowest BCUT2D eigenvalue weighted by atomic mass is 9.78. The van der Waals surface area contributed by atoms with Gasteiger partial charge in [-0.05, 0) is 31.4 Å². The first kappa shape index (κ1) is 13.4. The molecule has 1 aromatic rings. The van der Waals surface area contributed by atoms with Crippen LogP contribution in [0.25, 0.3) is 0 Å². The summed E-state index contributed by atoms with van der Waals surface area (Å²) in [6.45, 7) is 1.51. The molecule has 0 radical (unpaired) electrons. The van der Waals surface area contributed by atoms with Crippen molar-refractivity contribution in [3.05, 3.63) is 34.9 Å². The van der Waals surface area contributed by atoms with E-state index >= 15 is 0 Å².